The van der Waals surface area contributed by atoms with Crippen LogP contribution in [0.4, 0.5) is 4.79 Å². The maximum atomic E-state index is 11.6. The molecule has 1 unspecified atom stereocenters. The molecule has 1 aromatic rings. The van der Waals surface area contributed by atoms with E-state index in [9.17, 15) is 14.7 Å². The second-order valence-corrected chi connectivity index (χ2v) is 5.79. The highest BCUT2D eigenvalue weighted by Gasteiger charge is 2.26. The summed E-state index contributed by atoms with van der Waals surface area (Å²) in [4.78, 5) is 22.9. The van der Waals surface area contributed by atoms with Crippen LogP contribution >= 0.6 is 15.9 Å². The van der Waals surface area contributed by atoms with Crippen molar-refractivity contribution in [3.05, 3.63) is 34.3 Å². The fourth-order valence-electron chi connectivity index (χ4n) is 1.41. The van der Waals surface area contributed by atoms with Crippen LogP contribution in [-0.2, 0) is 9.53 Å². The summed E-state index contributed by atoms with van der Waals surface area (Å²) in [5.74, 6) is -1.15. The minimum atomic E-state index is -1.16. The molecule has 0 saturated heterocycles. The summed E-state index contributed by atoms with van der Waals surface area (Å²) in [5.41, 5.74) is -0.220. The number of nitrogens with one attached hydrogen (secondary N) is 1. The van der Waals surface area contributed by atoms with Crippen molar-refractivity contribution in [1.29, 1.82) is 0 Å². The summed E-state index contributed by atoms with van der Waals surface area (Å²) in [6.07, 6.45) is -0.768. The first-order chi connectivity index (χ1) is 8.70. The van der Waals surface area contributed by atoms with E-state index < -0.39 is 23.7 Å². The number of amides is 1. The third-order valence-electron chi connectivity index (χ3n) is 2.12. The molecule has 104 valence electrons. The molecule has 1 aromatic carbocycles. The number of hydrogen-bond donors (Lipinski definition) is 2. The number of carboxylic acids is 1. The van der Waals surface area contributed by atoms with Gasteiger partial charge in [-0.15, -0.1) is 0 Å². The third kappa shape index (κ3) is 4.90. The number of carbonyl (C=O) groups is 2. The Bertz CT molecular complexity index is 482. The molecule has 6 heteroatoms. The molecule has 1 rings (SSSR count). The molecule has 0 aliphatic carbocycles. The van der Waals surface area contributed by atoms with E-state index in [0.29, 0.717) is 10.0 Å². The van der Waals surface area contributed by atoms with Crippen LogP contribution < -0.4 is 5.32 Å². The Balaban J connectivity index is 2.89. The quantitative estimate of drug-likeness (QED) is 0.893. The molecule has 0 spiro atoms. The summed E-state index contributed by atoms with van der Waals surface area (Å²) in [6, 6.07) is 5.64. The summed E-state index contributed by atoms with van der Waals surface area (Å²) >= 11 is 3.26. The highest BCUT2D eigenvalue weighted by molar-refractivity contribution is 9.10. The first kappa shape index (κ1) is 15.5. The normalized spacial score (nSPS) is 12.6. The molecule has 0 aliphatic rings. The topological polar surface area (TPSA) is 75.6 Å². The van der Waals surface area contributed by atoms with E-state index in [1.165, 1.54) is 0 Å². The Labute approximate surface area is 120 Å². The molecular formula is C13H16BrNO4. The number of hydrogen-bond acceptors (Lipinski definition) is 3. The van der Waals surface area contributed by atoms with E-state index in [1.54, 1.807) is 45.0 Å². The Morgan fingerprint density at radius 1 is 1.32 bits per heavy atom. The molecule has 0 radical (unpaired) electrons. The minimum Gasteiger partial charge on any atom is -0.479 e. The zero-order valence-electron chi connectivity index (χ0n) is 10.9. The first-order valence-electron chi connectivity index (χ1n) is 5.67. The summed E-state index contributed by atoms with van der Waals surface area (Å²) in [5, 5.41) is 11.5. The van der Waals surface area contributed by atoms with E-state index in [4.69, 9.17) is 4.74 Å². The lowest BCUT2D eigenvalue weighted by Gasteiger charge is -2.22. The van der Waals surface area contributed by atoms with Crippen molar-refractivity contribution in [1.82, 2.24) is 5.32 Å². The van der Waals surface area contributed by atoms with Gasteiger partial charge in [-0.05, 0) is 32.4 Å². The van der Waals surface area contributed by atoms with Gasteiger partial charge in [0.05, 0.1) is 0 Å². The average Bonchev–Trinajstić information content (AvgIpc) is 2.24. The lowest BCUT2D eigenvalue weighted by Crippen LogP contribution is -2.38. The molecule has 0 saturated carbocycles. The van der Waals surface area contributed by atoms with Crippen LogP contribution in [0.2, 0.25) is 0 Å². The fourth-order valence-corrected chi connectivity index (χ4v) is 1.92. The first-order valence-corrected chi connectivity index (χ1v) is 6.47. The number of carboxylic acid groups (broad SMARTS) is 1. The standard InChI is InChI=1S/C13H16BrNO4/c1-13(2,3)19-12(18)15-10(11(16)17)8-6-4-5-7-9(8)14/h4-7,10H,1-3H3,(H,15,18)(H,16,17). The van der Waals surface area contributed by atoms with Gasteiger partial charge in [0.2, 0.25) is 0 Å². The Hall–Kier alpha value is -1.56. The zero-order chi connectivity index (χ0) is 14.6. The molecular weight excluding hydrogens is 314 g/mol. The van der Waals surface area contributed by atoms with Crippen molar-refractivity contribution < 1.29 is 19.4 Å². The molecule has 19 heavy (non-hydrogen) atoms. The van der Waals surface area contributed by atoms with Crippen molar-refractivity contribution in [2.45, 2.75) is 32.4 Å². The van der Waals surface area contributed by atoms with Crippen molar-refractivity contribution in [2.24, 2.45) is 0 Å². The van der Waals surface area contributed by atoms with E-state index >= 15 is 0 Å². The largest absolute Gasteiger partial charge is 0.479 e. The zero-order valence-corrected chi connectivity index (χ0v) is 12.5. The summed E-state index contributed by atoms with van der Waals surface area (Å²) < 4.78 is 5.66. The number of rotatable bonds is 3. The van der Waals surface area contributed by atoms with Gasteiger partial charge in [-0.3, -0.25) is 0 Å². The molecule has 0 heterocycles. The molecule has 1 atom stereocenters. The maximum absolute atomic E-state index is 11.6. The SMILES string of the molecule is CC(C)(C)OC(=O)NC(C(=O)O)c1ccccc1Br. The molecule has 5 nitrogen and oxygen atoms in total. The highest BCUT2D eigenvalue weighted by atomic mass is 79.9. The monoisotopic (exact) mass is 329 g/mol. The number of ether oxygens (including phenoxy) is 1. The smallest absolute Gasteiger partial charge is 0.408 e. The number of carbonyl (C=O) groups excluding carboxylic acids is 1. The van der Waals surface area contributed by atoms with Gasteiger partial charge >= 0.3 is 12.1 Å². The molecule has 0 aliphatic heterocycles. The average molecular weight is 330 g/mol. The number of aliphatic carboxylic acids is 1. The Morgan fingerprint density at radius 2 is 1.89 bits per heavy atom. The van der Waals surface area contributed by atoms with Crippen molar-refractivity contribution in [2.75, 3.05) is 0 Å². The van der Waals surface area contributed by atoms with Crippen LogP contribution in [0, 0.1) is 0 Å². The van der Waals surface area contributed by atoms with Crippen molar-refractivity contribution in [3.8, 4) is 0 Å². The van der Waals surface area contributed by atoms with Crippen LogP contribution in [0.1, 0.15) is 32.4 Å². The third-order valence-corrected chi connectivity index (χ3v) is 2.85. The van der Waals surface area contributed by atoms with Gasteiger partial charge in [0.25, 0.3) is 0 Å². The number of benzene rings is 1. The molecule has 0 fully saturated rings. The van der Waals surface area contributed by atoms with Crippen molar-refractivity contribution >= 4 is 28.0 Å². The molecule has 0 aromatic heterocycles. The lowest BCUT2D eigenvalue weighted by molar-refractivity contribution is -0.139. The van der Waals surface area contributed by atoms with Gasteiger partial charge in [-0.25, -0.2) is 9.59 Å². The fraction of sp³-hybridized carbons (Fsp3) is 0.385. The van der Waals surface area contributed by atoms with Gasteiger partial charge in [0.15, 0.2) is 6.04 Å². The van der Waals surface area contributed by atoms with E-state index in [-0.39, 0.29) is 0 Å². The van der Waals surface area contributed by atoms with Gasteiger partial charge < -0.3 is 15.2 Å². The lowest BCUT2D eigenvalue weighted by atomic mass is 10.1. The van der Waals surface area contributed by atoms with Crippen LogP contribution in [0.5, 0.6) is 0 Å². The van der Waals surface area contributed by atoms with Crippen LogP contribution in [0.25, 0.3) is 0 Å². The van der Waals surface area contributed by atoms with Crippen LogP contribution in [0.15, 0.2) is 28.7 Å². The second-order valence-electron chi connectivity index (χ2n) is 4.94. The Morgan fingerprint density at radius 3 is 2.37 bits per heavy atom. The van der Waals surface area contributed by atoms with E-state index in [1.807, 2.05) is 0 Å². The number of alkyl carbamates (subject to hydrolysis) is 1. The predicted molar refractivity (Wildman–Crippen MR) is 73.9 cm³/mol. The van der Waals surface area contributed by atoms with E-state index in [2.05, 4.69) is 21.2 Å². The minimum absolute atomic E-state index is 0.459. The molecule has 1 amide bonds. The second kappa shape index (κ2) is 6.06. The van der Waals surface area contributed by atoms with Crippen LogP contribution in [0.3, 0.4) is 0 Å². The van der Waals surface area contributed by atoms with Crippen LogP contribution in [-0.4, -0.2) is 22.8 Å². The van der Waals surface area contributed by atoms with Gasteiger partial charge in [-0.2, -0.15) is 0 Å². The summed E-state index contributed by atoms with van der Waals surface area (Å²) in [7, 11) is 0. The maximum Gasteiger partial charge on any atom is 0.408 e. The Kier molecular flexibility index (Phi) is 4.94. The molecule has 2 N–H and O–H groups in total. The van der Waals surface area contributed by atoms with Gasteiger partial charge in [0, 0.05) is 4.47 Å². The highest BCUT2D eigenvalue weighted by Crippen LogP contribution is 2.23. The van der Waals surface area contributed by atoms with Gasteiger partial charge in [-0.1, -0.05) is 34.1 Å². The van der Waals surface area contributed by atoms with Gasteiger partial charge in [0.1, 0.15) is 5.60 Å². The predicted octanol–water partition coefficient (Wildman–Crippen LogP) is 3.10. The van der Waals surface area contributed by atoms with Crippen molar-refractivity contribution in [3.63, 3.8) is 0 Å². The number of halogens is 1. The van der Waals surface area contributed by atoms with E-state index in [0.717, 1.165) is 0 Å². The summed E-state index contributed by atoms with van der Waals surface area (Å²) in [6.45, 7) is 5.13. The molecule has 0 bridgehead atoms.